The van der Waals surface area contributed by atoms with Gasteiger partial charge in [0.15, 0.2) is 5.78 Å². The number of Topliss-reactive ketones (excluding diaryl/α,β-unsaturated/α-hetero) is 2. The van der Waals surface area contributed by atoms with Crippen LogP contribution in [0.25, 0.3) is 5.69 Å². The normalized spacial score (nSPS) is 17.4. The van der Waals surface area contributed by atoms with E-state index in [1.54, 1.807) is 23.1 Å². The number of hydrogen-bond donors (Lipinski definition) is 2. The lowest BCUT2D eigenvalue weighted by Gasteiger charge is -2.17. The molecule has 0 spiro atoms. The summed E-state index contributed by atoms with van der Waals surface area (Å²) in [5, 5.41) is 9.94. The van der Waals surface area contributed by atoms with Crippen LogP contribution in [0.15, 0.2) is 43.0 Å². The quantitative estimate of drug-likeness (QED) is 0.494. The Morgan fingerprint density at radius 1 is 1.18 bits per heavy atom. The molecule has 178 valence electrons. The number of hydrogen-bond acceptors (Lipinski definition) is 6. The minimum Gasteiger partial charge on any atom is -0.338 e. The Bertz CT molecular complexity index is 1190. The van der Waals surface area contributed by atoms with Gasteiger partial charge in [-0.1, -0.05) is 11.6 Å². The fraction of sp³-hybridized carbons (Fsp3) is 0.304. The number of amides is 2. The van der Waals surface area contributed by atoms with Gasteiger partial charge in [0.1, 0.15) is 11.7 Å². The number of benzene rings is 1. The van der Waals surface area contributed by atoms with Crippen LogP contribution in [-0.4, -0.2) is 43.9 Å². The van der Waals surface area contributed by atoms with Gasteiger partial charge in [0.2, 0.25) is 5.95 Å². The van der Waals surface area contributed by atoms with E-state index in [4.69, 9.17) is 11.6 Å². The second-order valence-electron chi connectivity index (χ2n) is 8.04. The number of carbonyl (C=O) groups excluding carboxylic acids is 3. The van der Waals surface area contributed by atoms with E-state index >= 15 is 0 Å². The topological polar surface area (TPSA) is 119 Å². The Kier molecular flexibility index (Phi) is 8.01. The van der Waals surface area contributed by atoms with Crippen LogP contribution >= 0.6 is 24.0 Å². The van der Waals surface area contributed by atoms with Crippen molar-refractivity contribution in [2.24, 2.45) is 5.92 Å². The number of nitrogens with zero attached hydrogens (tertiary/aromatic N) is 4. The monoisotopic (exact) mass is 502 g/mol. The molecule has 1 aromatic carbocycles. The van der Waals surface area contributed by atoms with Gasteiger partial charge < -0.3 is 5.32 Å². The van der Waals surface area contributed by atoms with Gasteiger partial charge in [0.25, 0.3) is 0 Å². The van der Waals surface area contributed by atoms with Gasteiger partial charge >= 0.3 is 6.03 Å². The first-order valence-corrected chi connectivity index (χ1v) is 10.9. The molecule has 1 aliphatic rings. The van der Waals surface area contributed by atoms with E-state index in [-0.39, 0.29) is 42.9 Å². The summed E-state index contributed by atoms with van der Waals surface area (Å²) in [6, 6.07) is 4.98. The molecule has 2 unspecified atom stereocenters. The van der Waals surface area contributed by atoms with Crippen LogP contribution in [0.4, 0.5) is 10.7 Å². The summed E-state index contributed by atoms with van der Waals surface area (Å²) in [5.41, 5.74) is 3.27. The summed E-state index contributed by atoms with van der Waals surface area (Å²) in [6.07, 6.45) is 6.84. The van der Waals surface area contributed by atoms with Crippen molar-refractivity contribution in [3.63, 3.8) is 0 Å². The van der Waals surface area contributed by atoms with Crippen molar-refractivity contribution in [2.45, 2.75) is 32.6 Å². The molecule has 9 nitrogen and oxygen atoms in total. The molecule has 1 aliphatic carbocycles. The average Bonchev–Trinajstić information content (AvgIpc) is 3.32. The van der Waals surface area contributed by atoms with E-state index in [1.165, 1.54) is 12.4 Å². The summed E-state index contributed by atoms with van der Waals surface area (Å²) in [6.45, 7) is 4.04. The van der Waals surface area contributed by atoms with Crippen molar-refractivity contribution < 1.29 is 14.4 Å². The number of ketones is 2. The summed E-state index contributed by atoms with van der Waals surface area (Å²) in [4.78, 5) is 45.8. The molecule has 34 heavy (non-hydrogen) atoms. The molecule has 4 rings (SSSR count). The lowest BCUT2D eigenvalue weighted by atomic mass is 9.87. The number of aryl methyl sites for hydroxylation is 2. The minimum absolute atomic E-state index is 0. The van der Waals surface area contributed by atoms with Gasteiger partial charge in [-0.2, -0.15) is 5.10 Å². The second-order valence-corrected chi connectivity index (χ2v) is 8.48. The Labute approximate surface area is 207 Å². The Hall–Kier alpha value is -3.30. The van der Waals surface area contributed by atoms with Crippen LogP contribution in [0.5, 0.6) is 0 Å². The first-order chi connectivity index (χ1) is 15.8. The molecule has 2 atom stereocenters. The van der Waals surface area contributed by atoms with Crippen LogP contribution in [0.1, 0.15) is 35.4 Å². The third kappa shape index (κ3) is 5.43. The average molecular weight is 503 g/mol. The molecule has 2 N–H and O–H groups in total. The number of anilines is 1. The fourth-order valence-electron chi connectivity index (χ4n) is 4.25. The van der Waals surface area contributed by atoms with Crippen molar-refractivity contribution in [1.29, 1.82) is 0 Å². The third-order valence-corrected chi connectivity index (χ3v) is 5.90. The highest BCUT2D eigenvalue weighted by molar-refractivity contribution is 6.30. The highest BCUT2D eigenvalue weighted by Gasteiger charge is 2.42. The van der Waals surface area contributed by atoms with Crippen LogP contribution in [0.2, 0.25) is 5.02 Å². The predicted molar refractivity (Wildman–Crippen MR) is 130 cm³/mol. The molecule has 0 radical (unpaired) electrons. The van der Waals surface area contributed by atoms with E-state index in [2.05, 4.69) is 25.7 Å². The predicted octanol–water partition coefficient (Wildman–Crippen LogP) is 3.81. The highest BCUT2D eigenvalue weighted by atomic mass is 35.5. The standard InChI is InChI=1S/C23H23ClN6O3.ClH/c1-13-8-17(30-12-16(24)11-28-30)9-14(2)19(13)20-18(31)10-15(21(20)32)4-7-27-23(33)29-22-25-5-3-6-26-22;/h3,5-6,8-9,11-12,15,20H,4,7,10H2,1-2H3,(H2,25,26,27,29,33);1H. The van der Waals surface area contributed by atoms with Crippen molar-refractivity contribution in [3.8, 4) is 5.69 Å². The van der Waals surface area contributed by atoms with E-state index in [0.717, 1.165) is 22.4 Å². The van der Waals surface area contributed by atoms with Gasteiger partial charge in [-0.05, 0) is 55.2 Å². The lowest BCUT2D eigenvalue weighted by Crippen LogP contribution is -2.31. The number of nitrogens with one attached hydrogen (secondary N) is 2. The number of halogens is 2. The van der Waals surface area contributed by atoms with Crippen LogP contribution in [0, 0.1) is 19.8 Å². The molecular weight excluding hydrogens is 479 g/mol. The summed E-state index contributed by atoms with van der Waals surface area (Å²) < 4.78 is 1.66. The molecule has 2 aromatic heterocycles. The Morgan fingerprint density at radius 2 is 1.85 bits per heavy atom. The zero-order valence-electron chi connectivity index (χ0n) is 18.6. The molecule has 0 bridgehead atoms. The van der Waals surface area contributed by atoms with Crippen LogP contribution in [0.3, 0.4) is 0 Å². The fourth-order valence-corrected chi connectivity index (χ4v) is 4.39. The summed E-state index contributed by atoms with van der Waals surface area (Å²) in [5.74, 6) is -1.21. The van der Waals surface area contributed by atoms with E-state index < -0.39 is 17.9 Å². The lowest BCUT2D eigenvalue weighted by molar-refractivity contribution is -0.124. The van der Waals surface area contributed by atoms with Gasteiger partial charge in [-0.3, -0.25) is 14.9 Å². The molecule has 3 aromatic rings. The number of aromatic nitrogens is 4. The van der Waals surface area contributed by atoms with Crippen molar-refractivity contribution in [2.75, 3.05) is 11.9 Å². The molecule has 1 fully saturated rings. The Balaban J connectivity index is 0.00000324. The van der Waals surface area contributed by atoms with Crippen molar-refractivity contribution >= 4 is 47.6 Å². The molecule has 0 aliphatic heterocycles. The van der Waals surface area contributed by atoms with E-state index in [9.17, 15) is 14.4 Å². The maximum absolute atomic E-state index is 13.1. The van der Waals surface area contributed by atoms with Crippen molar-refractivity contribution in [3.05, 3.63) is 64.7 Å². The molecule has 2 amide bonds. The number of carbonyl (C=O) groups is 3. The van der Waals surface area contributed by atoms with Gasteiger partial charge in [-0.15, -0.1) is 12.4 Å². The van der Waals surface area contributed by atoms with E-state index in [1.807, 2.05) is 26.0 Å². The number of rotatable bonds is 6. The maximum Gasteiger partial charge on any atom is 0.321 e. The first-order valence-electron chi connectivity index (χ1n) is 10.5. The van der Waals surface area contributed by atoms with Gasteiger partial charge in [0.05, 0.1) is 16.9 Å². The third-order valence-electron chi connectivity index (χ3n) is 5.71. The molecule has 2 heterocycles. The SMILES string of the molecule is Cc1cc(-n2cc(Cl)cn2)cc(C)c1C1C(=O)CC(CCNC(=O)Nc2ncccn2)C1=O.Cl. The van der Waals surface area contributed by atoms with Gasteiger partial charge in [0, 0.05) is 37.5 Å². The largest absolute Gasteiger partial charge is 0.338 e. The minimum atomic E-state index is -0.781. The molecular formula is C23H24Cl2N6O3. The summed E-state index contributed by atoms with van der Waals surface area (Å²) in [7, 11) is 0. The van der Waals surface area contributed by atoms with Crippen LogP contribution in [-0.2, 0) is 9.59 Å². The van der Waals surface area contributed by atoms with Crippen molar-refractivity contribution in [1.82, 2.24) is 25.1 Å². The molecule has 0 saturated heterocycles. The second kappa shape index (κ2) is 10.8. The highest BCUT2D eigenvalue weighted by Crippen LogP contribution is 2.37. The zero-order valence-corrected chi connectivity index (χ0v) is 20.2. The van der Waals surface area contributed by atoms with Crippen LogP contribution < -0.4 is 10.6 Å². The Morgan fingerprint density at radius 3 is 2.47 bits per heavy atom. The number of urea groups is 1. The molecule has 1 saturated carbocycles. The van der Waals surface area contributed by atoms with E-state index in [0.29, 0.717) is 11.4 Å². The summed E-state index contributed by atoms with van der Waals surface area (Å²) >= 11 is 5.97. The zero-order chi connectivity index (χ0) is 23.5. The molecule has 11 heteroatoms. The smallest absolute Gasteiger partial charge is 0.321 e. The van der Waals surface area contributed by atoms with Gasteiger partial charge in [-0.25, -0.2) is 19.4 Å². The first kappa shape index (κ1) is 25.3. The maximum atomic E-state index is 13.1.